The molecule has 4 heteroatoms. The molecule has 2 heterocycles. The molecule has 0 N–H and O–H groups in total. The number of hydrogen-bond donors (Lipinski definition) is 0. The minimum absolute atomic E-state index is 0.799. The third kappa shape index (κ3) is 2.26. The molecule has 15 heavy (non-hydrogen) atoms. The maximum absolute atomic E-state index is 4.52. The Hall–Kier alpha value is -1.58. The minimum atomic E-state index is 0.799. The van der Waals surface area contributed by atoms with Crippen molar-refractivity contribution < 1.29 is 0 Å². The molecule has 0 bridgehead atoms. The first-order valence-corrected chi connectivity index (χ1v) is 5.28. The molecule has 0 saturated heterocycles. The molecule has 0 amide bonds. The van der Waals surface area contributed by atoms with E-state index in [1.165, 1.54) is 0 Å². The molecule has 80 valence electrons. The summed E-state index contributed by atoms with van der Waals surface area (Å²) in [6, 6.07) is 0. The Morgan fingerprint density at radius 2 is 2.27 bits per heavy atom. The van der Waals surface area contributed by atoms with Crippen molar-refractivity contribution in [1.29, 1.82) is 0 Å². The topological polar surface area (TPSA) is 35.6 Å². The summed E-state index contributed by atoms with van der Waals surface area (Å²) in [5.74, 6) is 1.10. The van der Waals surface area contributed by atoms with Gasteiger partial charge in [0.2, 0.25) is 0 Å². The monoisotopic (exact) mass is 204 g/mol. The zero-order chi connectivity index (χ0) is 10.7. The highest BCUT2D eigenvalue weighted by Crippen LogP contribution is 2.05. The predicted octanol–water partition coefficient (Wildman–Crippen LogP) is 1.85. The van der Waals surface area contributed by atoms with E-state index in [0.29, 0.717) is 0 Å². The van der Waals surface area contributed by atoms with Crippen molar-refractivity contribution >= 4 is 0 Å². The van der Waals surface area contributed by atoms with Gasteiger partial charge in [0.25, 0.3) is 0 Å². The standard InChI is InChI=1S/C11H16N4/c1-3-5-15-7-10(2)13-11(15)8-14-6-4-12-9-14/h4,6-7,9H,3,5,8H2,1-2H3. The molecule has 0 saturated carbocycles. The first-order valence-electron chi connectivity index (χ1n) is 5.28. The number of hydrogen-bond acceptors (Lipinski definition) is 2. The Balaban J connectivity index is 2.19. The van der Waals surface area contributed by atoms with Crippen molar-refractivity contribution in [2.24, 2.45) is 0 Å². The fourth-order valence-electron chi connectivity index (χ4n) is 1.70. The van der Waals surface area contributed by atoms with Crippen molar-refractivity contribution in [3.63, 3.8) is 0 Å². The zero-order valence-electron chi connectivity index (χ0n) is 9.22. The number of aromatic nitrogens is 4. The lowest BCUT2D eigenvalue weighted by atomic mass is 10.4. The van der Waals surface area contributed by atoms with Crippen LogP contribution in [0.4, 0.5) is 0 Å². The zero-order valence-corrected chi connectivity index (χ0v) is 9.22. The lowest BCUT2D eigenvalue weighted by Gasteiger charge is -2.06. The summed E-state index contributed by atoms with van der Waals surface area (Å²) in [5.41, 5.74) is 1.08. The Kier molecular flexibility index (Phi) is 2.85. The molecule has 0 atom stereocenters. The molecule has 0 unspecified atom stereocenters. The van der Waals surface area contributed by atoms with E-state index in [1.54, 1.807) is 6.20 Å². The maximum Gasteiger partial charge on any atom is 0.129 e. The van der Waals surface area contributed by atoms with Crippen LogP contribution in [-0.2, 0) is 13.1 Å². The van der Waals surface area contributed by atoms with Gasteiger partial charge in [-0.05, 0) is 13.3 Å². The van der Waals surface area contributed by atoms with Crippen molar-refractivity contribution in [3.8, 4) is 0 Å². The van der Waals surface area contributed by atoms with E-state index in [-0.39, 0.29) is 0 Å². The van der Waals surface area contributed by atoms with Crippen LogP contribution in [0.2, 0.25) is 0 Å². The molecule has 0 fully saturated rings. The predicted molar refractivity (Wildman–Crippen MR) is 58.6 cm³/mol. The van der Waals surface area contributed by atoms with Crippen LogP contribution < -0.4 is 0 Å². The van der Waals surface area contributed by atoms with Gasteiger partial charge in [-0.2, -0.15) is 0 Å². The normalized spacial score (nSPS) is 10.8. The summed E-state index contributed by atoms with van der Waals surface area (Å²) in [5, 5.41) is 0. The second-order valence-corrected chi connectivity index (χ2v) is 3.73. The van der Waals surface area contributed by atoms with Crippen molar-refractivity contribution in [2.75, 3.05) is 0 Å². The molecular formula is C11H16N4. The average Bonchev–Trinajstić information content (AvgIpc) is 2.78. The van der Waals surface area contributed by atoms with Gasteiger partial charge in [-0.1, -0.05) is 6.92 Å². The van der Waals surface area contributed by atoms with E-state index in [2.05, 4.69) is 27.7 Å². The van der Waals surface area contributed by atoms with Gasteiger partial charge in [-0.3, -0.25) is 0 Å². The van der Waals surface area contributed by atoms with Crippen LogP contribution in [0.1, 0.15) is 24.9 Å². The van der Waals surface area contributed by atoms with Crippen LogP contribution in [-0.4, -0.2) is 19.1 Å². The summed E-state index contributed by atoms with van der Waals surface area (Å²) < 4.78 is 4.25. The van der Waals surface area contributed by atoms with Gasteiger partial charge in [0.15, 0.2) is 0 Å². The summed E-state index contributed by atoms with van der Waals surface area (Å²) in [6.45, 7) is 6.04. The molecule has 2 aromatic heterocycles. The fourth-order valence-corrected chi connectivity index (χ4v) is 1.70. The second kappa shape index (κ2) is 4.29. The minimum Gasteiger partial charge on any atom is -0.333 e. The molecular weight excluding hydrogens is 188 g/mol. The number of rotatable bonds is 4. The molecule has 2 rings (SSSR count). The summed E-state index contributed by atoms with van der Waals surface area (Å²) in [4.78, 5) is 8.55. The third-order valence-electron chi connectivity index (χ3n) is 2.33. The van der Waals surface area contributed by atoms with Gasteiger partial charge < -0.3 is 9.13 Å². The highest BCUT2D eigenvalue weighted by Gasteiger charge is 2.04. The lowest BCUT2D eigenvalue weighted by molar-refractivity contribution is 0.612. The van der Waals surface area contributed by atoms with Gasteiger partial charge in [0.1, 0.15) is 5.82 Å². The second-order valence-electron chi connectivity index (χ2n) is 3.73. The van der Waals surface area contributed by atoms with Crippen LogP contribution >= 0.6 is 0 Å². The van der Waals surface area contributed by atoms with Gasteiger partial charge in [0, 0.05) is 25.1 Å². The molecule has 2 aromatic rings. The molecule has 0 aliphatic rings. The first kappa shape index (κ1) is 9.96. The molecule has 0 spiro atoms. The van der Waals surface area contributed by atoms with Crippen LogP contribution in [0, 0.1) is 6.92 Å². The summed E-state index contributed by atoms with van der Waals surface area (Å²) in [7, 11) is 0. The maximum atomic E-state index is 4.52. The fraction of sp³-hybridized carbons (Fsp3) is 0.455. The molecule has 4 nitrogen and oxygen atoms in total. The highest BCUT2D eigenvalue weighted by atomic mass is 15.1. The van der Waals surface area contributed by atoms with E-state index >= 15 is 0 Å². The SMILES string of the molecule is CCCn1cc(C)nc1Cn1ccnc1. The van der Waals surface area contributed by atoms with Gasteiger partial charge in [0.05, 0.1) is 18.6 Å². The summed E-state index contributed by atoms with van der Waals surface area (Å²) in [6.07, 6.45) is 8.81. The number of nitrogens with zero attached hydrogens (tertiary/aromatic N) is 4. The lowest BCUT2D eigenvalue weighted by Crippen LogP contribution is -2.06. The quantitative estimate of drug-likeness (QED) is 0.762. The van der Waals surface area contributed by atoms with E-state index in [9.17, 15) is 0 Å². The van der Waals surface area contributed by atoms with Crippen molar-refractivity contribution in [3.05, 3.63) is 36.4 Å². The van der Waals surface area contributed by atoms with Crippen LogP contribution in [0.15, 0.2) is 24.9 Å². The smallest absolute Gasteiger partial charge is 0.129 e. The van der Waals surface area contributed by atoms with E-state index < -0.39 is 0 Å². The Labute approximate surface area is 89.6 Å². The van der Waals surface area contributed by atoms with E-state index in [4.69, 9.17) is 0 Å². The Morgan fingerprint density at radius 1 is 1.40 bits per heavy atom. The van der Waals surface area contributed by atoms with E-state index in [0.717, 1.165) is 31.0 Å². The molecule has 0 aliphatic carbocycles. The molecule has 0 aliphatic heterocycles. The van der Waals surface area contributed by atoms with Crippen molar-refractivity contribution in [2.45, 2.75) is 33.4 Å². The third-order valence-corrected chi connectivity index (χ3v) is 2.33. The molecule has 0 radical (unpaired) electrons. The summed E-state index contributed by atoms with van der Waals surface area (Å²) >= 11 is 0. The van der Waals surface area contributed by atoms with Gasteiger partial charge >= 0.3 is 0 Å². The van der Waals surface area contributed by atoms with Gasteiger partial charge in [-0.25, -0.2) is 9.97 Å². The Bertz CT molecular complexity index is 414. The largest absolute Gasteiger partial charge is 0.333 e. The molecule has 0 aromatic carbocycles. The average molecular weight is 204 g/mol. The van der Waals surface area contributed by atoms with Crippen LogP contribution in [0.5, 0.6) is 0 Å². The first-order chi connectivity index (χ1) is 7.29. The van der Waals surface area contributed by atoms with E-state index in [1.807, 2.05) is 24.0 Å². The van der Waals surface area contributed by atoms with Crippen LogP contribution in [0.25, 0.3) is 0 Å². The number of imidazole rings is 2. The highest BCUT2D eigenvalue weighted by molar-refractivity contribution is 5.03. The Morgan fingerprint density at radius 3 is 2.93 bits per heavy atom. The van der Waals surface area contributed by atoms with Crippen LogP contribution in [0.3, 0.4) is 0 Å². The number of aryl methyl sites for hydroxylation is 2. The van der Waals surface area contributed by atoms with Crippen molar-refractivity contribution in [1.82, 2.24) is 19.1 Å². The van der Waals surface area contributed by atoms with Gasteiger partial charge in [-0.15, -0.1) is 0 Å².